The fourth-order valence-electron chi connectivity index (χ4n) is 2.76. The lowest BCUT2D eigenvalue weighted by atomic mass is 10.1. The van der Waals surface area contributed by atoms with Crippen molar-refractivity contribution in [1.29, 1.82) is 0 Å². The first-order chi connectivity index (χ1) is 13.2. The summed E-state index contributed by atoms with van der Waals surface area (Å²) in [6.45, 7) is 5.30. The van der Waals surface area contributed by atoms with Crippen molar-refractivity contribution in [3.8, 4) is 11.5 Å². The molecular formula is C22H24N2O3. The Kier molecular flexibility index (Phi) is 6.26. The van der Waals surface area contributed by atoms with Crippen molar-refractivity contribution in [2.75, 3.05) is 18.5 Å². The summed E-state index contributed by atoms with van der Waals surface area (Å²) in [5.74, 6) is 1.30. The number of ether oxygens (including phenoxy) is 2. The molecular weight excluding hydrogens is 340 g/mol. The molecule has 0 aliphatic rings. The molecule has 0 aliphatic carbocycles. The number of unbranched alkanes of at least 4 members (excludes halogenated alkanes) is 1. The van der Waals surface area contributed by atoms with Crippen LogP contribution in [-0.4, -0.2) is 24.1 Å². The smallest absolute Gasteiger partial charge is 0.255 e. The maximum Gasteiger partial charge on any atom is 0.255 e. The number of aromatic nitrogens is 1. The molecule has 1 N–H and O–H groups in total. The minimum atomic E-state index is -0.178. The molecule has 0 saturated heterocycles. The van der Waals surface area contributed by atoms with Crippen LogP contribution in [0.1, 0.15) is 37.0 Å². The zero-order valence-corrected chi connectivity index (χ0v) is 15.7. The second-order valence-electron chi connectivity index (χ2n) is 6.12. The Balaban J connectivity index is 1.82. The minimum Gasteiger partial charge on any atom is -0.494 e. The monoisotopic (exact) mass is 364 g/mol. The normalized spacial score (nSPS) is 10.6. The third kappa shape index (κ3) is 4.56. The molecule has 0 unspecified atom stereocenters. The first kappa shape index (κ1) is 18.7. The van der Waals surface area contributed by atoms with E-state index in [4.69, 9.17) is 9.47 Å². The second kappa shape index (κ2) is 9.03. The predicted octanol–water partition coefficient (Wildman–Crippen LogP) is 5.06. The molecule has 0 spiro atoms. The second-order valence-corrected chi connectivity index (χ2v) is 6.12. The standard InChI is InChI=1S/C22H24N2O3/c1-3-5-15-27-20-13-12-19(18-7-6-14-23-21(18)20)24-22(25)16-8-10-17(11-9-16)26-4-2/h6-14H,3-5,15H2,1-2H3,(H,24,25). The van der Waals surface area contributed by atoms with E-state index in [9.17, 15) is 4.79 Å². The summed E-state index contributed by atoms with van der Waals surface area (Å²) in [6.07, 6.45) is 3.79. The van der Waals surface area contributed by atoms with Gasteiger partial charge in [-0.3, -0.25) is 9.78 Å². The van der Waals surface area contributed by atoms with Crippen LogP contribution in [0.3, 0.4) is 0 Å². The van der Waals surface area contributed by atoms with Crippen molar-refractivity contribution in [3.05, 3.63) is 60.3 Å². The van der Waals surface area contributed by atoms with Crippen molar-refractivity contribution in [3.63, 3.8) is 0 Å². The largest absolute Gasteiger partial charge is 0.494 e. The number of fused-ring (bicyclic) bond motifs is 1. The number of anilines is 1. The molecule has 2 aromatic carbocycles. The SMILES string of the molecule is CCCCOc1ccc(NC(=O)c2ccc(OCC)cc2)c2cccnc12. The van der Waals surface area contributed by atoms with Gasteiger partial charge in [0.2, 0.25) is 0 Å². The van der Waals surface area contributed by atoms with Gasteiger partial charge in [0.1, 0.15) is 17.0 Å². The number of amides is 1. The summed E-state index contributed by atoms with van der Waals surface area (Å²) < 4.78 is 11.3. The molecule has 5 heteroatoms. The lowest BCUT2D eigenvalue weighted by Crippen LogP contribution is -2.12. The Bertz CT molecular complexity index is 907. The highest BCUT2D eigenvalue weighted by Crippen LogP contribution is 2.30. The third-order valence-corrected chi connectivity index (χ3v) is 4.16. The van der Waals surface area contributed by atoms with Crippen molar-refractivity contribution in [2.24, 2.45) is 0 Å². The van der Waals surface area contributed by atoms with Gasteiger partial charge < -0.3 is 14.8 Å². The van der Waals surface area contributed by atoms with Crippen LogP contribution in [0.5, 0.6) is 11.5 Å². The zero-order chi connectivity index (χ0) is 19.1. The number of rotatable bonds is 8. The molecule has 3 aromatic rings. The zero-order valence-electron chi connectivity index (χ0n) is 15.7. The topological polar surface area (TPSA) is 60.5 Å². The van der Waals surface area contributed by atoms with Gasteiger partial charge in [0.25, 0.3) is 5.91 Å². The number of nitrogens with one attached hydrogen (secondary N) is 1. The summed E-state index contributed by atoms with van der Waals surface area (Å²) in [5, 5.41) is 3.82. The number of hydrogen-bond donors (Lipinski definition) is 1. The van der Waals surface area contributed by atoms with Gasteiger partial charge in [0.05, 0.1) is 18.9 Å². The van der Waals surface area contributed by atoms with E-state index in [0.717, 1.165) is 35.2 Å². The van der Waals surface area contributed by atoms with Gasteiger partial charge in [-0.05, 0) is 61.9 Å². The van der Waals surface area contributed by atoms with Crippen molar-refractivity contribution < 1.29 is 14.3 Å². The predicted molar refractivity (Wildman–Crippen MR) is 108 cm³/mol. The maximum absolute atomic E-state index is 12.6. The molecule has 27 heavy (non-hydrogen) atoms. The summed E-state index contributed by atoms with van der Waals surface area (Å²) >= 11 is 0. The van der Waals surface area contributed by atoms with E-state index in [1.165, 1.54) is 0 Å². The molecule has 140 valence electrons. The molecule has 1 aromatic heterocycles. The first-order valence-electron chi connectivity index (χ1n) is 9.27. The average molecular weight is 364 g/mol. The molecule has 1 heterocycles. The Hall–Kier alpha value is -3.08. The van der Waals surface area contributed by atoms with E-state index in [1.807, 2.05) is 31.2 Å². The summed E-state index contributed by atoms with van der Waals surface area (Å²) in [5.41, 5.74) is 2.02. The van der Waals surface area contributed by atoms with Crippen molar-refractivity contribution in [2.45, 2.75) is 26.7 Å². The Morgan fingerprint density at radius 1 is 1.04 bits per heavy atom. The quantitative estimate of drug-likeness (QED) is 0.567. The van der Waals surface area contributed by atoms with Gasteiger partial charge in [-0.2, -0.15) is 0 Å². The Morgan fingerprint density at radius 2 is 1.85 bits per heavy atom. The van der Waals surface area contributed by atoms with Gasteiger partial charge in [-0.25, -0.2) is 0 Å². The van der Waals surface area contributed by atoms with Crippen LogP contribution in [-0.2, 0) is 0 Å². The minimum absolute atomic E-state index is 0.178. The van der Waals surface area contributed by atoms with Crippen LogP contribution in [0.15, 0.2) is 54.7 Å². The Morgan fingerprint density at radius 3 is 2.59 bits per heavy atom. The highest BCUT2D eigenvalue weighted by Gasteiger charge is 2.12. The van der Waals surface area contributed by atoms with Crippen LogP contribution in [0.2, 0.25) is 0 Å². The summed E-state index contributed by atoms with van der Waals surface area (Å²) in [6, 6.07) is 14.6. The van der Waals surface area contributed by atoms with E-state index in [2.05, 4.69) is 17.2 Å². The molecule has 5 nitrogen and oxygen atoms in total. The number of benzene rings is 2. The molecule has 0 atom stereocenters. The van der Waals surface area contributed by atoms with Gasteiger partial charge >= 0.3 is 0 Å². The molecule has 0 aliphatic heterocycles. The van der Waals surface area contributed by atoms with E-state index in [-0.39, 0.29) is 5.91 Å². The van der Waals surface area contributed by atoms with Crippen LogP contribution in [0.4, 0.5) is 5.69 Å². The Labute approximate surface area is 159 Å². The van der Waals surface area contributed by atoms with Gasteiger partial charge in [0.15, 0.2) is 0 Å². The highest BCUT2D eigenvalue weighted by molar-refractivity contribution is 6.09. The van der Waals surface area contributed by atoms with Crippen LogP contribution in [0, 0.1) is 0 Å². The van der Waals surface area contributed by atoms with E-state index in [1.54, 1.807) is 30.5 Å². The molecule has 0 radical (unpaired) electrons. The van der Waals surface area contributed by atoms with Gasteiger partial charge in [-0.1, -0.05) is 13.3 Å². The van der Waals surface area contributed by atoms with E-state index in [0.29, 0.717) is 24.5 Å². The van der Waals surface area contributed by atoms with E-state index >= 15 is 0 Å². The summed E-state index contributed by atoms with van der Waals surface area (Å²) in [7, 11) is 0. The maximum atomic E-state index is 12.6. The highest BCUT2D eigenvalue weighted by atomic mass is 16.5. The molecule has 0 fully saturated rings. The van der Waals surface area contributed by atoms with Gasteiger partial charge in [0, 0.05) is 17.1 Å². The number of carbonyl (C=O) groups excluding carboxylic acids is 1. The molecule has 3 rings (SSSR count). The number of hydrogen-bond acceptors (Lipinski definition) is 4. The number of carbonyl (C=O) groups is 1. The average Bonchev–Trinajstić information content (AvgIpc) is 2.70. The van der Waals surface area contributed by atoms with Crippen molar-refractivity contribution in [1.82, 2.24) is 4.98 Å². The lowest BCUT2D eigenvalue weighted by molar-refractivity contribution is 0.102. The fraction of sp³-hybridized carbons (Fsp3) is 0.273. The molecule has 0 bridgehead atoms. The molecule has 0 saturated carbocycles. The first-order valence-corrected chi connectivity index (χ1v) is 9.27. The number of nitrogens with zero attached hydrogens (tertiary/aromatic N) is 1. The number of pyridine rings is 1. The molecule has 1 amide bonds. The van der Waals surface area contributed by atoms with Gasteiger partial charge in [-0.15, -0.1) is 0 Å². The third-order valence-electron chi connectivity index (χ3n) is 4.16. The summed E-state index contributed by atoms with van der Waals surface area (Å²) in [4.78, 5) is 17.1. The lowest BCUT2D eigenvalue weighted by Gasteiger charge is -2.13. The van der Waals surface area contributed by atoms with Crippen molar-refractivity contribution >= 4 is 22.5 Å². The van der Waals surface area contributed by atoms with E-state index < -0.39 is 0 Å². The van der Waals surface area contributed by atoms with Crippen LogP contribution >= 0.6 is 0 Å². The fourth-order valence-corrected chi connectivity index (χ4v) is 2.76. The van der Waals surface area contributed by atoms with Crippen LogP contribution in [0.25, 0.3) is 10.9 Å². The van der Waals surface area contributed by atoms with Crippen LogP contribution < -0.4 is 14.8 Å².